The Morgan fingerprint density at radius 3 is 2.63 bits per heavy atom. The van der Waals surface area contributed by atoms with E-state index in [0.29, 0.717) is 10.7 Å². The highest BCUT2D eigenvalue weighted by Gasteiger charge is 2.18. The molecule has 3 N–H and O–H groups in total. The van der Waals surface area contributed by atoms with Crippen LogP contribution in [-0.2, 0) is 4.79 Å². The lowest BCUT2D eigenvalue weighted by molar-refractivity contribution is -0.121. The fourth-order valence-electron chi connectivity index (χ4n) is 1.67. The van der Waals surface area contributed by atoms with Gasteiger partial charge in [-0.15, -0.1) is 11.8 Å². The van der Waals surface area contributed by atoms with Gasteiger partial charge < -0.3 is 11.1 Å². The molecule has 5 heteroatoms. The minimum Gasteiger partial charge on any atom is -0.399 e. The fourth-order valence-corrected chi connectivity index (χ4v) is 2.86. The summed E-state index contributed by atoms with van der Waals surface area (Å²) in [5.74, 6) is 0.0391. The Labute approximate surface area is 124 Å². The normalized spacial score (nSPS) is 12.5. The highest BCUT2D eigenvalue weighted by Crippen LogP contribution is 2.32. The standard InChI is InChI=1S/C14H21ClN2OS/c1-4-11(5-2)17-14(18)9(3)19-13-8-10(16)6-7-12(13)15/h6-9,11H,4-5,16H2,1-3H3,(H,17,18). The maximum absolute atomic E-state index is 12.1. The van der Waals surface area contributed by atoms with Crippen molar-refractivity contribution in [3.8, 4) is 0 Å². The summed E-state index contributed by atoms with van der Waals surface area (Å²) in [5, 5.41) is 3.47. The van der Waals surface area contributed by atoms with E-state index in [1.807, 2.05) is 6.92 Å². The van der Waals surface area contributed by atoms with Crippen LogP contribution in [0, 0.1) is 0 Å². The van der Waals surface area contributed by atoms with E-state index in [0.717, 1.165) is 17.7 Å². The van der Waals surface area contributed by atoms with Gasteiger partial charge in [-0.25, -0.2) is 0 Å². The molecule has 1 amide bonds. The molecule has 0 saturated carbocycles. The third-order valence-electron chi connectivity index (χ3n) is 2.96. The average molecular weight is 301 g/mol. The number of benzene rings is 1. The highest BCUT2D eigenvalue weighted by atomic mass is 35.5. The molecule has 0 bridgehead atoms. The summed E-state index contributed by atoms with van der Waals surface area (Å²) in [6, 6.07) is 5.55. The van der Waals surface area contributed by atoms with Crippen LogP contribution in [0.2, 0.25) is 5.02 Å². The summed E-state index contributed by atoms with van der Waals surface area (Å²) in [7, 11) is 0. The minimum absolute atomic E-state index is 0.0391. The van der Waals surface area contributed by atoms with Crippen LogP contribution < -0.4 is 11.1 Å². The van der Waals surface area contributed by atoms with Gasteiger partial charge in [-0.2, -0.15) is 0 Å². The van der Waals surface area contributed by atoms with Gasteiger partial charge in [-0.3, -0.25) is 4.79 Å². The number of thioether (sulfide) groups is 1. The molecule has 0 aromatic heterocycles. The van der Waals surface area contributed by atoms with Crippen molar-refractivity contribution in [3.05, 3.63) is 23.2 Å². The molecule has 0 aliphatic heterocycles. The van der Waals surface area contributed by atoms with Crippen molar-refractivity contribution in [1.82, 2.24) is 5.32 Å². The molecule has 0 spiro atoms. The van der Waals surface area contributed by atoms with Crippen LogP contribution in [0.4, 0.5) is 5.69 Å². The molecule has 106 valence electrons. The number of rotatable bonds is 6. The number of carbonyl (C=O) groups is 1. The summed E-state index contributed by atoms with van der Waals surface area (Å²) in [5.41, 5.74) is 6.38. The lowest BCUT2D eigenvalue weighted by Crippen LogP contribution is -2.38. The number of carbonyl (C=O) groups excluding carboxylic acids is 1. The van der Waals surface area contributed by atoms with Gasteiger partial charge >= 0.3 is 0 Å². The maximum atomic E-state index is 12.1. The molecular weight excluding hydrogens is 280 g/mol. The summed E-state index contributed by atoms with van der Waals surface area (Å²) in [6.45, 7) is 6.02. The monoisotopic (exact) mass is 300 g/mol. The van der Waals surface area contributed by atoms with Gasteiger partial charge in [0.15, 0.2) is 0 Å². The van der Waals surface area contributed by atoms with Gasteiger partial charge in [0.25, 0.3) is 0 Å². The first-order chi connectivity index (χ1) is 8.97. The molecule has 19 heavy (non-hydrogen) atoms. The maximum Gasteiger partial charge on any atom is 0.233 e. The Morgan fingerprint density at radius 2 is 2.05 bits per heavy atom. The van der Waals surface area contributed by atoms with Gasteiger partial charge in [0.05, 0.1) is 10.3 Å². The van der Waals surface area contributed by atoms with Crippen molar-refractivity contribution in [3.63, 3.8) is 0 Å². The van der Waals surface area contributed by atoms with Crippen molar-refractivity contribution in [2.75, 3.05) is 5.73 Å². The van der Waals surface area contributed by atoms with Crippen LogP contribution in [0.1, 0.15) is 33.6 Å². The second kappa shape index (κ2) is 7.65. The summed E-state index contributed by atoms with van der Waals surface area (Å²) < 4.78 is 0. The van der Waals surface area contributed by atoms with Crippen LogP contribution in [0.5, 0.6) is 0 Å². The van der Waals surface area contributed by atoms with Crippen molar-refractivity contribution < 1.29 is 4.79 Å². The van der Waals surface area contributed by atoms with Gasteiger partial charge in [0, 0.05) is 16.6 Å². The third-order valence-corrected chi connectivity index (χ3v) is 4.56. The lowest BCUT2D eigenvalue weighted by Gasteiger charge is -2.18. The second-order valence-electron chi connectivity index (χ2n) is 4.47. The molecule has 0 aliphatic carbocycles. The van der Waals surface area contributed by atoms with Crippen LogP contribution in [0.25, 0.3) is 0 Å². The fraction of sp³-hybridized carbons (Fsp3) is 0.500. The zero-order valence-corrected chi connectivity index (χ0v) is 13.1. The molecule has 3 nitrogen and oxygen atoms in total. The minimum atomic E-state index is -0.195. The number of hydrogen-bond donors (Lipinski definition) is 2. The first kappa shape index (κ1) is 16.2. The molecule has 1 unspecified atom stereocenters. The second-order valence-corrected chi connectivity index (χ2v) is 6.26. The van der Waals surface area contributed by atoms with Gasteiger partial charge in [-0.1, -0.05) is 25.4 Å². The van der Waals surface area contributed by atoms with Crippen LogP contribution >= 0.6 is 23.4 Å². The Balaban J connectivity index is 2.65. The number of nitrogens with two attached hydrogens (primary N) is 1. The Morgan fingerprint density at radius 1 is 1.42 bits per heavy atom. The smallest absolute Gasteiger partial charge is 0.233 e. The summed E-state index contributed by atoms with van der Waals surface area (Å²) >= 11 is 7.53. The third kappa shape index (κ3) is 4.96. The highest BCUT2D eigenvalue weighted by molar-refractivity contribution is 8.00. The first-order valence-electron chi connectivity index (χ1n) is 6.50. The number of amides is 1. The summed E-state index contributed by atoms with van der Waals surface area (Å²) in [6.07, 6.45) is 1.89. The number of hydrogen-bond acceptors (Lipinski definition) is 3. The molecule has 1 atom stereocenters. The number of anilines is 1. The van der Waals surface area contributed by atoms with Crippen molar-refractivity contribution in [2.24, 2.45) is 0 Å². The Hall–Kier alpha value is -0.870. The zero-order valence-electron chi connectivity index (χ0n) is 11.6. The number of nitrogens with one attached hydrogen (secondary N) is 1. The molecule has 1 aromatic rings. The molecule has 0 aliphatic rings. The van der Waals surface area contributed by atoms with Gasteiger partial charge in [-0.05, 0) is 38.0 Å². The van der Waals surface area contributed by atoms with Crippen LogP contribution in [-0.4, -0.2) is 17.2 Å². The Bertz CT molecular complexity index is 435. The van der Waals surface area contributed by atoms with E-state index in [2.05, 4.69) is 19.2 Å². The molecule has 0 saturated heterocycles. The SMILES string of the molecule is CCC(CC)NC(=O)C(C)Sc1cc(N)ccc1Cl. The van der Waals surface area contributed by atoms with Crippen LogP contribution in [0.3, 0.4) is 0 Å². The predicted molar refractivity (Wildman–Crippen MR) is 83.7 cm³/mol. The summed E-state index contributed by atoms with van der Waals surface area (Å²) in [4.78, 5) is 12.9. The first-order valence-corrected chi connectivity index (χ1v) is 7.75. The molecule has 0 fully saturated rings. The number of nitrogen functional groups attached to an aromatic ring is 1. The lowest BCUT2D eigenvalue weighted by atomic mass is 10.2. The molecule has 1 rings (SSSR count). The quantitative estimate of drug-likeness (QED) is 0.622. The van der Waals surface area contributed by atoms with Gasteiger partial charge in [0.2, 0.25) is 5.91 Å². The van der Waals surface area contributed by atoms with E-state index >= 15 is 0 Å². The average Bonchev–Trinajstić information content (AvgIpc) is 2.39. The van der Waals surface area contributed by atoms with Crippen LogP contribution in [0.15, 0.2) is 23.1 Å². The van der Waals surface area contributed by atoms with E-state index in [1.54, 1.807) is 18.2 Å². The van der Waals surface area contributed by atoms with E-state index < -0.39 is 0 Å². The van der Waals surface area contributed by atoms with E-state index in [4.69, 9.17) is 17.3 Å². The Kier molecular flexibility index (Phi) is 6.52. The van der Waals surface area contributed by atoms with Crippen molar-refractivity contribution in [2.45, 2.75) is 49.8 Å². The zero-order chi connectivity index (χ0) is 14.4. The molecular formula is C14H21ClN2OS. The van der Waals surface area contributed by atoms with Crippen molar-refractivity contribution in [1.29, 1.82) is 0 Å². The van der Waals surface area contributed by atoms with E-state index in [1.165, 1.54) is 11.8 Å². The predicted octanol–water partition coefficient (Wildman–Crippen LogP) is 3.71. The van der Waals surface area contributed by atoms with Gasteiger partial charge in [0.1, 0.15) is 0 Å². The number of halogens is 1. The molecule has 1 aromatic carbocycles. The van der Waals surface area contributed by atoms with Crippen molar-refractivity contribution >= 4 is 35.0 Å². The molecule has 0 heterocycles. The van der Waals surface area contributed by atoms with E-state index in [9.17, 15) is 4.79 Å². The topological polar surface area (TPSA) is 55.1 Å². The van der Waals surface area contributed by atoms with E-state index in [-0.39, 0.29) is 17.2 Å². The largest absolute Gasteiger partial charge is 0.399 e. The molecule has 0 radical (unpaired) electrons.